The second-order valence-corrected chi connectivity index (χ2v) is 8.29. The number of unbranched alkanes of at least 4 members (excludes halogenated alkanes) is 4. The molecule has 1 heterocycles. The molecule has 0 unspecified atom stereocenters. The van der Waals surface area contributed by atoms with Gasteiger partial charge in [0, 0.05) is 25.8 Å². The van der Waals surface area contributed by atoms with E-state index in [1.165, 1.54) is 25.5 Å². The summed E-state index contributed by atoms with van der Waals surface area (Å²) >= 11 is 0. The second kappa shape index (κ2) is 8.65. The molecule has 0 spiro atoms. The maximum atomic E-state index is 12.1. The van der Waals surface area contributed by atoms with Crippen LogP contribution in [-0.4, -0.2) is 44.3 Å². The zero-order valence-electron chi connectivity index (χ0n) is 12.9. The van der Waals surface area contributed by atoms with Gasteiger partial charge in [0.2, 0.25) is 5.91 Å². The van der Waals surface area contributed by atoms with Gasteiger partial charge >= 0.3 is 0 Å². The molecule has 5 heteroatoms. The van der Waals surface area contributed by atoms with Gasteiger partial charge in [-0.1, -0.05) is 32.6 Å². The van der Waals surface area contributed by atoms with Crippen molar-refractivity contribution in [3.63, 3.8) is 0 Å². The van der Waals surface area contributed by atoms with E-state index in [4.69, 9.17) is 0 Å². The Bertz CT molecular complexity index is 392. The molecule has 0 radical (unpaired) electrons. The van der Waals surface area contributed by atoms with Crippen molar-refractivity contribution >= 4 is 15.7 Å². The molecular formula is C15H29NO3S. The number of sulfone groups is 1. The van der Waals surface area contributed by atoms with Crippen LogP contribution in [0.15, 0.2) is 0 Å². The predicted octanol–water partition coefficient (Wildman–Crippen LogP) is 2.63. The SMILES string of the molecule is CCCCCCCC(=O)N1CCC[C@@H](CS(C)(=O)=O)C1. The van der Waals surface area contributed by atoms with E-state index in [2.05, 4.69) is 6.92 Å². The van der Waals surface area contributed by atoms with Gasteiger partial charge in [0.25, 0.3) is 0 Å². The number of rotatable bonds is 8. The number of carbonyl (C=O) groups excluding carboxylic acids is 1. The summed E-state index contributed by atoms with van der Waals surface area (Å²) in [5.41, 5.74) is 0. The molecule has 0 aliphatic carbocycles. The van der Waals surface area contributed by atoms with Gasteiger partial charge in [-0.3, -0.25) is 4.79 Å². The van der Waals surface area contributed by atoms with Gasteiger partial charge in [0.1, 0.15) is 9.84 Å². The number of hydrogen-bond donors (Lipinski definition) is 0. The van der Waals surface area contributed by atoms with E-state index in [0.717, 1.165) is 32.2 Å². The van der Waals surface area contributed by atoms with E-state index in [0.29, 0.717) is 13.0 Å². The number of piperidine rings is 1. The summed E-state index contributed by atoms with van der Waals surface area (Å²) in [6.07, 6.45) is 9.51. The van der Waals surface area contributed by atoms with Crippen LogP contribution in [0.4, 0.5) is 0 Å². The molecule has 1 atom stereocenters. The average molecular weight is 303 g/mol. The molecule has 1 aliphatic heterocycles. The monoisotopic (exact) mass is 303 g/mol. The lowest BCUT2D eigenvalue weighted by atomic mass is 9.99. The van der Waals surface area contributed by atoms with Crippen LogP contribution in [0.3, 0.4) is 0 Å². The Morgan fingerprint density at radius 1 is 1.20 bits per heavy atom. The molecule has 20 heavy (non-hydrogen) atoms. The minimum absolute atomic E-state index is 0.128. The lowest BCUT2D eigenvalue weighted by Gasteiger charge is -2.32. The first kappa shape index (κ1) is 17.5. The van der Waals surface area contributed by atoms with E-state index < -0.39 is 9.84 Å². The largest absolute Gasteiger partial charge is 0.342 e. The first-order valence-corrected chi connectivity index (χ1v) is 9.94. The molecule has 118 valence electrons. The van der Waals surface area contributed by atoms with E-state index in [1.807, 2.05) is 4.90 Å². The highest BCUT2D eigenvalue weighted by Crippen LogP contribution is 2.19. The van der Waals surface area contributed by atoms with Crippen LogP contribution in [0.2, 0.25) is 0 Å². The van der Waals surface area contributed by atoms with E-state index in [1.54, 1.807) is 0 Å². The Balaban J connectivity index is 2.29. The highest BCUT2D eigenvalue weighted by atomic mass is 32.2. The predicted molar refractivity (Wildman–Crippen MR) is 82.4 cm³/mol. The molecular weight excluding hydrogens is 274 g/mol. The highest BCUT2D eigenvalue weighted by molar-refractivity contribution is 7.90. The Labute approximate surface area is 123 Å². The minimum Gasteiger partial charge on any atom is -0.342 e. The summed E-state index contributed by atoms with van der Waals surface area (Å²) in [6, 6.07) is 0. The second-order valence-electron chi connectivity index (χ2n) is 6.10. The maximum absolute atomic E-state index is 12.1. The van der Waals surface area contributed by atoms with Crippen LogP contribution in [0, 0.1) is 5.92 Å². The van der Waals surface area contributed by atoms with Gasteiger partial charge in [0.05, 0.1) is 5.75 Å². The quantitative estimate of drug-likeness (QED) is 0.648. The fraction of sp³-hybridized carbons (Fsp3) is 0.933. The molecule has 1 aliphatic rings. The van der Waals surface area contributed by atoms with Crippen molar-refractivity contribution in [2.45, 2.75) is 58.3 Å². The van der Waals surface area contributed by atoms with Crippen LogP contribution in [-0.2, 0) is 14.6 Å². The topological polar surface area (TPSA) is 54.5 Å². The van der Waals surface area contributed by atoms with Crippen LogP contribution in [0.5, 0.6) is 0 Å². The Kier molecular flexibility index (Phi) is 7.56. The number of hydrogen-bond acceptors (Lipinski definition) is 3. The van der Waals surface area contributed by atoms with Crippen LogP contribution in [0.25, 0.3) is 0 Å². The van der Waals surface area contributed by atoms with Crippen molar-refractivity contribution in [3.8, 4) is 0 Å². The van der Waals surface area contributed by atoms with Crippen molar-refractivity contribution in [1.82, 2.24) is 4.90 Å². The van der Waals surface area contributed by atoms with Gasteiger partial charge < -0.3 is 4.90 Å². The van der Waals surface area contributed by atoms with Crippen molar-refractivity contribution in [2.24, 2.45) is 5.92 Å². The fourth-order valence-electron chi connectivity index (χ4n) is 2.89. The van der Waals surface area contributed by atoms with Crippen molar-refractivity contribution in [3.05, 3.63) is 0 Å². The number of amides is 1. The third-order valence-corrected chi connectivity index (χ3v) is 4.98. The number of nitrogens with zero attached hydrogens (tertiary/aromatic N) is 1. The molecule has 0 bridgehead atoms. The van der Waals surface area contributed by atoms with Gasteiger partial charge in [-0.05, 0) is 25.2 Å². The van der Waals surface area contributed by atoms with Crippen molar-refractivity contribution in [1.29, 1.82) is 0 Å². The van der Waals surface area contributed by atoms with Gasteiger partial charge in [-0.25, -0.2) is 8.42 Å². The molecule has 0 aromatic heterocycles. The molecule has 1 rings (SSSR count). The summed E-state index contributed by atoms with van der Waals surface area (Å²) in [4.78, 5) is 14.0. The van der Waals surface area contributed by atoms with Gasteiger partial charge in [-0.15, -0.1) is 0 Å². The van der Waals surface area contributed by atoms with E-state index >= 15 is 0 Å². The Morgan fingerprint density at radius 3 is 2.55 bits per heavy atom. The Hall–Kier alpha value is -0.580. The minimum atomic E-state index is -2.94. The number of carbonyl (C=O) groups is 1. The zero-order chi connectivity index (χ0) is 15.0. The van der Waals surface area contributed by atoms with Crippen LogP contribution in [0.1, 0.15) is 58.3 Å². The van der Waals surface area contributed by atoms with E-state index in [-0.39, 0.29) is 17.6 Å². The summed E-state index contributed by atoms with van der Waals surface area (Å²) in [7, 11) is -2.94. The van der Waals surface area contributed by atoms with E-state index in [9.17, 15) is 13.2 Å². The fourth-order valence-corrected chi connectivity index (χ4v) is 4.02. The van der Waals surface area contributed by atoms with Crippen molar-refractivity contribution < 1.29 is 13.2 Å². The third kappa shape index (κ3) is 7.27. The average Bonchev–Trinajstić information content (AvgIpc) is 2.36. The first-order valence-electron chi connectivity index (χ1n) is 7.88. The zero-order valence-corrected chi connectivity index (χ0v) is 13.8. The highest BCUT2D eigenvalue weighted by Gasteiger charge is 2.25. The summed E-state index contributed by atoms with van der Waals surface area (Å²) < 4.78 is 22.7. The third-order valence-electron chi connectivity index (χ3n) is 3.90. The molecule has 0 saturated carbocycles. The molecule has 0 aromatic rings. The molecule has 1 saturated heterocycles. The first-order chi connectivity index (χ1) is 9.42. The Morgan fingerprint density at radius 2 is 1.90 bits per heavy atom. The maximum Gasteiger partial charge on any atom is 0.222 e. The van der Waals surface area contributed by atoms with Gasteiger partial charge in [0.15, 0.2) is 0 Å². The molecule has 4 nitrogen and oxygen atoms in total. The molecule has 0 aromatic carbocycles. The summed E-state index contributed by atoms with van der Waals surface area (Å²) in [5.74, 6) is 0.551. The smallest absolute Gasteiger partial charge is 0.222 e. The summed E-state index contributed by atoms with van der Waals surface area (Å²) in [5, 5.41) is 0. The molecule has 0 N–H and O–H groups in total. The molecule has 1 amide bonds. The molecule has 1 fully saturated rings. The van der Waals surface area contributed by atoms with Crippen LogP contribution >= 0.6 is 0 Å². The lowest BCUT2D eigenvalue weighted by molar-refractivity contribution is -0.133. The van der Waals surface area contributed by atoms with Gasteiger partial charge in [-0.2, -0.15) is 0 Å². The summed E-state index contributed by atoms with van der Waals surface area (Å²) in [6.45, 7) is 3.61. The lowest BCUT2D eigenvalue weighted by Crippen LogP contribution is -2.41. The standard InChI is InChI=1S/C15H29NO3S/c1-3-4-5-6-7-10-15(17)16-11-8-9-14(12-16)13-20(2,18)19/h14H,3-13H2,1-2H3/t14-/m1/s1. The number of likely N-dealkylation sites (tertiary alicyclic amines) is 1. The van der Waals surface area contributed by atoms with Crippen molar-refractivity contribution in [2.75, 3.05) is 25.1 Å². The normalized spacial score (nSPS) is 20.1. The van der Waals surface area contributed by atoms with Crippen LogP contribution < -0.4 is 0 Å².